The Morgan fingerprint density at radius 1 is 1.14 bits per heavy atom. The number of piperidine rings is 1. The molecule has 1 amide bonds. The van der Waals surface area contributed by atoms with Crippen LogP contribution in [0.4, 0.5) is 10.4 Å². The third-order valence-electron chi connectivity index (χ3n) is 5.73. The lowest BCUT2D eigenvalue weighted by Gasteiger charge is -2.32. The summed E-state index contributed by atoms with van der Waals surface area (Å²) in [6.45, 7) is 6.67. The molecule has 2 heterocycles. The molecule has 9 nitrogen and oxygen atoms in total. The van der Waals surface area contributed by atoms with Gasteiger partial charge in [-0.2, -0.15) is 9.37 Å². The van der Waals surface area contributed by atoms with Crippen LogP contribution in [-0.4, -0.2) is 54.7 Å². The van der Waals surface area contributed by atoms with Gasteiger partial charge in [-0.1, -0.05) is 0 Å². The van der Waals surface area contributed by atoms with Crippen LogP contribution in [0.15, 0.2) is 34.7 Å². The number of hydrogen-bond donors (Lipinski definition) is 2. The summed E-state index contributed by atoms with van der Waals surface area (Å²) in [6, 6.07) is 9.36. The highest BCUT2D eigenvalue weighted by Gasteiger charge is 2.22. The quantitative estimate of drug-likeness (QED) is 0.422. The largest absolute Gasteiger partial charge is 0.491 e. The highest BCUT2D eigenvalue weighted by molar-refractivity contribution is 5.77. The van der Waals surface area contributed by atoms with Gasteiger partial charge in [0.15, 0.2) is 23.7 Å². The number of hydrogen-bond acceptors (Lipinski definition) is 8. The molecule has 35 heavy (non-hydrogen) atoms. The number of rotatable bonds is 11. The van der Waals surface area contributed by atoms with Crippen LogP contribution in [0.1, 0.15) is 32.3 Å². The zero-order chi connectivity index (χ0) is 24.8. The van der Waals surface area contributed by atoms with E-state index in [9.17, 15) is 9.18 Å². The third kappa shape index (κ3) is 6.33. The minimum atomic E-state index is -0.539. The van der Waals surface area contributed by atoms with E-state index in [1.807, 2.05) is 13.8 Å². The van der Waals surface area contributed by atoms with Crippen LogP contribution in [0.3, 0.4) is 0 Å². The summed E-state index contributed by atoms with van der Waals surface area (Å²) in [5, 5.41) is 3.37. The second-order valence-corrected chi connectivity index (χ2v) is 8.37. The number of nitrogens with two attached hydrogens (primary N) is 1. The summed E-state index contributed by atoms with van der Waals surface area (Å²) in [4.78, 5) is 17.7. The van der Waals surface area contributed by atoms with Gasteiger partial charge in [-0.25, -0.2) is 0 Å². The zero-order valence-electron chi connectivity index (χ0n) is 20.0. The number of halogens is 1. The van der Waals surface area contributed by atoms with Gasteiger partial charge in [0.2, 0.25) is 5.82 Å². The second-order valence-electron chi connectivity index (χ2n) is 8.37. The maximum Gasteiger partial charge on any atom is 0.295 e. The van der Waals surface area contributed by atoms with Crippen molar-refractivity contribution in [2.75, 3.05) is 38.2 Å². The van der Waals surface area contributed by atoms with Crippen LogP contribution >= 0.6 is 0 Å². The van der Waals surface area contributed by atoms with E-state index in [4.69, 9.17) is 24.4 Å². The van der Waals surface area contributed by atoms with Gasteiger partial charge >= 0.3 is 0 Å². The van der Waals surface area contributed by atoms with Crippen molar-refractivity contribution >= 4 is 23.0 Å². The second kappa shape index (κ2) is 11.3. The van der Waals surface area contributed by atoms with E-state index in [1.54, 1.807) is 30.3 Å². The first kappa shape index (κ1) is 24.6. The van der Waals surface area contributed by atoms with Gasteiger partial charge < -0.3 is 29.7 Å². The minimum Gasteiger partial charge on any atom is -0.491 e. The van der Waals surface area contributed by atoms with Crippen molar-refractivity contribution in [1.29, 1.82) is 0 Å². The fourth-order valence-electron chi connectivity index (χ4n) is 4.12. The summed E-state index contributed by atoms with van der Waals surface area (Å²) in [7, 11) is 0. The number of nitrogens with one attached hydrogen (secondary N) is 1. The number of oxazole rings is 1. The van der Waals surface area contributed by atoms with Crippen LogP contribution in [0, 0.1) is 5.82 Å². The Bertz CT molecular complexity index is 1130. The van der Waals surface area contributed by atoms with Gasteiger partial charge in [-0.05, 0) is 56.5 Å². The molecule has 0 bridgehead atoms. The summed E-state index contributed by atoms with van der Waals surface area (Å²) in [5.41, 5.74) is 7.34. The average Bonchev–Trinajstić information content (AvgIpc) is 3.23. The Labute approximate surface area is 203 Å². The zero-order valence-corrected chi connectivity index (χ0v) is 20.0. The molecule has 1 aliphatic heterocycles. The molecule has 0 aliphatic carbocycles. The highest BCUT2D eigenvalue weighted by Crippen LogP contribution is 2.30. The Kier molecular flexibility index (Phi) is 7.91. The first-order valence-electron chi connectivity index (χ1n) is 11.8. The molecule has 0 saturated carbocycles. The van der Waals surface area contributed by atoms with Gasteiger partial charge in [0.05, 0.1) is 13.2 Å². The molecule has 3 N–H and O–H groups in total. The van der Waals surface area contributed by atoms with Gasteiger partial charge in [0.1, 0.15) is 11.3 Å². The fraction of sp³-hybridized carbons (Fsp3) is 0.440. The lowest BCUT2D eigenvalue weighted by atomic mass is 10.0. The third-order valence-corrected chi connectivity index (χ3v) is 5.73. The number of anilines is 1. The van der Waals surface area contributed by atoms with E-state index < -0.39 is 11.7 Å². The Balaban J connectivity index is 1.33. The first-order valence-corrected chi connectivity index (χ1v) is 11.8. The van der Waals surface area contributed by atoms with Gasteiger partial charge in [0, 0.05) is 31.7 Å². The molecule has 1 fully saturated rings. The molecule has 1 aliphatic rings. The lowest BCUT2D eigenvalue weighted by Crippen LogP contribution is -2.38. The van der Waals surface area contributed by atoms with Crippen LogP contribution in [0.5, 0.6) is 17.2 Å². The predicted molar refractivity (Wildman–Crippen MR) is 129 cm³/mol. The van der Waals surface area contributed by atoms with Gasteiger partial charge in [-0.15, -0.1) is 0 Å². The van der Waals surface area contributed by atoms with Crippen LogP contribution in [-0.2, 0) is 11.3 Å². The van der Waals surface area contributed by atoms with Gasteiger partial charge in [0.25, 0.3) is 11.9 Å². The van der Waals surface area contributed by atoms with Crippen LogP contribution < -0.4 is 25.3 Å². The number of likely N-dealkylation sites (tertiary alicyclic amines) is 1. The molecular weight excluding hydrogens is 455 g/mol. The number of carbonyl (C=O) groups is 1. The molecular formula is C25H31FN4O5. The number of ether oxygens (including phenoxy) is 3. The van der Waals surface area contributed by atoms with E-state index in [-0.39, 0.29) is 24.1 Å². The number of benzene rings is 2. The number of amides is 1. The maximum atomic E-state index is 14.5. The van der Waals surface area contributed by atoms with Crippen molar-refractivity contribution in [2.24, 2.45) is 5.73 Å². The Hall–Kier alpha value is -3.53. The molecule has 0 atom stereocenters. The Morgan fingerprint density at radius 3 is 2.46 bits per heavy atom. The summed E-state index contributed by atoms with van der Waals surface area (Å²) < 4.78 is 36.6. The number of primary amides is 1. The standard InChI is InChI=1S/C25H31FN4O5/c1-3-32-21-11-16(12-22(24(21)26)33-4-2)14-30-9-7-17(8-10-30)28-25-29-19-13-18(34-15-23(27)31)5-6-20(19)35-25/h5-6,11-13,17H,3-4,7-10,14-15H2,1-2H3,(H2,27,31)(H,28,29). The monoisotopic (exact) mass is 486 g/mol. The summed E-state index contributed by atoms with van der Waals surface area (Å²) in [6.07, 6.45) is 1.81. The molecule has 4 rings (SSSR count). The molecule has 1 saturated heterocycles. The molecule has 0 unspecified atom stereocenters. The van der Waals surface area contributed by atoms with Gasteiger partial charge in [-0.3, -0.25) is 9.69 Å². The van der Waals surface area contributed by atoms with Crippen molar-refractivity contribution in [1.82, 2.24) is 9.88 Å². The van der Waals surface area contributed by atoms with Crippen LogP contribution in [0.25, 0.3) is 11.1 Å². The first-order chi connectivity index (χ1) is 16.9. The van der Waals surface area contributed by atoms with E-state index in [0.29, 0.717) is 42.6 Å². The average molecular weight is 487 g/mol. The summed E-state index contributed by atoms with van der Waals surface area (Å²) in [5.74, 6) is -0.0355. The molecule has 188 valence electrons. The molecule has 3 aromatic rings. The van der Waals surface area contributed by atoms with E-state index in [2.05, 4.69) is 15.2 Å². The Morgan fingerprint density at radius 2 is 1.83 bits per heavy atom. The number of fused-ring (bicyclic) bond motifs is 1. The van der Waals surface area contributed by atoms with Crippen molar-refractivity contribution in [3.05, 3.63) is 41.7 Å². The predicted octanol–water partition coefficient (Wildman–Crippen LogP) is 3.70. The molecule has 0 radical (unpaired) electrons. The topological polar surface area (TPSA) is 112 Å². The molecule has 2 aromatic carbocycles. The van der Waals surface area contributed by atoms with Crippen molar-refractivity contribution in [3.63, 3.8) is 0 Å². The smallest absolute Gasteiger partial charge is 0.295 e. The molecule has 0 spiro atoms. The maximum absolute atomic E-state index is 14.5. The molecule has 10 heteroatoms. The fourth-order valence-corrected chi connectivity index (χ4v) is 4.12. The number of carbonyl (C=O) groups excluding carboxylic acids is 1. The van der Waals surface area contributed by atoms with Crippen LogP contribution in [0.2, 0.25) is 0 Å². The van der Waals surface area contributed by atoms with E-state index in [0.717, 1.165) is 31.5 Å². The number of nitrogens with zero attached hydrogens (tertiary/aromatic N) is 2. The van der Waals surface area contributed by atoms with E-state index >= 15 is 0 Å². The SMILES string of the molecule is CCOc1cc(CN2CCC(Nc3nc4cc(OCC(N)=O)ccc4o3)CC2)cc(OCC)c1F. The van der Waals surface area contributed by atoms with Crippen molar-refractivity contribution < 1.29 is 27.8 Å². The molecule has 1 aromatic heterocycles. The normalized spacial score (nSPS) is 14.7. The minimum absolute atomic E-state index is 0.190. The van der Waals surface area contributed by atoms with Crippen molar-refractivity contribution in [2.45, 2.75) is 39.3 Å². The van der Waals surface area contributed by atoms with E-state index in [1.165, 1.54) is 0 Å². The number of aromatic nitrogens is 1. The lowest BCUT2D eigenvalue weighted by molar-refractivity contribution is -0.119. The highest BCUT2D eigenvalue weighted by atomic mass is 19.1. The summed E-state index contributed by atoms with van der Waals surface area (Å²) >= 11 is 0. The van der Waals surface area contributed by atoms with Crippen molar-refractivity contribution in [3.8, 4) is 17.2 Å².